The summed E-state index contributed by atoms with van der Waals surface area (Å²) < 4.78 is 18.1. The van der Waals surface area contributed by atoms with Crippen LogP contribution in [0.3, 0.4) is 0 Å². The normalized spacial score (nSPS) is 38.2. The first kappa shape index (κ1) is 36.3. The third kappa shape index (κ3) is 9.20. The summed E-state index contributed by atoms with van der Waals surface area (Å²) in [6.45, 7) is 3.08. The molecule has 1 saturated heterocycles. The lowest BCUT2D eigenvalue weighted by atomic mass is 9.72. The summed E-state index contributed by atoms with van der Waals surface area (Å²) >= 11 is 0. The van der Waals surface area contributed by atoms with Crippen LogP contribution in [-0.4, -0.2) is 139 Å². The molecule has 12 unspecified atom stereocenters. The van der Waals surface area contributed by atoms with Crippen LogP contribution >= 0.6 is 0 Å². The van der Waals surface area contributed by atoms with Crippen LogP contribution in [0.15, 0.2) is 16.8 Å². The smallest absolute Gasteiger partial charge is 0.249 e. The highest BCUT2D eigenvalue weighted by molar-refractivity contribution is 5.81. The van der Waals surface area contributed by atoms with Crippen molar-refractivity contribution in [2.75, 3.05) is 39.8 Å². The van der Waals surface area contributed by atoms with E-state index in [1.807, 2.05) is 6.08 Å². The van der Waals surface area contributed by atoms with Crippen LogP contribution < -0.4 is 44.6 Å². The largest absolute Gasteiger partial charge is 0.492 e. The zero-order valence-corrected chi connectivity index (χ0v) is 25.5. The molecule has 0 aromatic carbocycles. The highest BCUT2D eigenvalue weighted by Crippen LogP contribution is 2.36. The van der Waals surface area contributed by atoms with E-state index in [1.165, 1.54) is 6.92 Å². The molecule has 17 N–H and O–H groups in total. The van der Waals surface area contributed by atoms with E-state index in [0.29, 0.717) is 31.8 Å². The molecule has 12 atom stereocenters. The van der Waals surface area contributed by atoms with Crippen molar-refractivity contribution in [1.82, 2.24) is 16.0 Å². The van der Waals surface area contributed by atoms with E-state index in [-0.39, 0.29) is 32.0 Å². The molecule has 17 heteroatoms. The van der Waals surface area contributed by atoms with Crippen LogP contribution in [0.4, 0.5) is 0 Å². The molecule has 2 heterocycles. The van der Waals surface area contributed by atoms with Crippen LogP contribution in [0.2, 0.25) is 0 Å². The zero-order valence-electron chi connectivity index (χ0n) is 25.5. The molecule has 1 amide bonds. The molecule has 44 heavy (non-hydrogen) atoms. The molecule has 3 rings (SSSR count). The molecule has 1 saturated carbocycles. The van der Waals surface area contributed by atoms with Gasteiger partial charge < -0.3 is 79.3 Å². The summed E-state index contributed by atoms with van der Waals surface area (Å²) in [6, 6.07) is -2.91. The van der Waals surface area contributed by atoms with Crippen molar-refractivity contribution >= 4 is 11.9 Å². The van der Waals surface area contributed by atoms with Crippen LogP contribution in [0, 0.1) is 5.92 Å². The summed E-state index contributed by atoms with van der Waals surface area (Å²) in [5, 5.41) is 52.8. The minimum Gasteiger partial charge on any atom is -0.492 e. The van der Waals surface area contributed by atoms with Gasteiger partial charge in [0.15, 0.2) is 12.2 Å². The minimum atomic E-state index is -1.46. The van der Waals surface area contributed by atoms with E-state index < -0.39 is 78.4 Å². The Balaban J connectivity index is 1.82. The van der Waals surface area contributed by atoms with Gasteiger partial charge in [-0.2, -0.15) is 0 Å². The Morgan fingerprint density at radius 3 is 2.64 bits per heavy atom. The van der Waals surface area contributed by atoms with Gasteiger partial charge in [0.1, 0.15) is 35.8 Å². The van der Waals surface area contributed by atoms with E-state index in [0.717, 1.165) is 6.42 Å². The number of ether oxygens (including phenoxy) is 3. The fourth-order valence-corrected chi connectivity index (χ4v) is 6.12. The molecule has 2 aliphatic heterocycles. The van der Waals surface area contributed by atoms with Crippen molar-refractivity contribution in [2.45, 2.75) is 99.2 Å². The minimum absolute atomic E-state index is 0.0208. The quantitative estimate of drug-likeness (QED) is 0.0483. The number of aliphatic hydroxyl groups is 4. The number of nitrogens with one attached hydrogen (secondary N) is 3. The number of carbonyl (C=O) groups is 1. The lowest BCUT2D eigenvalue weighted by molar-refractivity contribution is -0.297. The van der Waals surface area contributed by atoms with Crippen LogP contribution in [0.25, 0.3) is 0 Å². The summed E-state index contributed by atoms with van der Waals surface area (Å²) in [5.74, 6) is -0.981. The Labute approximate surface area is 257 Å². The Morgan fingerprint density at radius 2 is 1.98 bits per heavy atom. The summed E-state index contributed by atoms with van der Waals surface area (Å²) in [4.78, 5) is 16.8. The summed E-state index contributed by atoms with van der Waals surface area (Å²) in [7, 11) is 1.58. The third-order valence-corrected chi connectivity index (χ3v) is 8.47. The number of nitrogens with two attached hydrogens (primary N) is 5. The van der Waals surface area contributed by atoms with Crippen LogP contribution in [0.5, 0.6) is 0 Å². The van der Waals surface area contributed by atoms with Crippen molar-refractivity contribution in [3.05, 3.63) is 11.8 Å². The Morgan fingerprint density at radius 1 is 1.25 bits per heavy atom. The van der Waals surface area contributed by atoms with Gasteiger partial charge in [0.05, 0.1) is 31.3 Å². The molecular weight excluding hydrogens is 578 g/mol. The van der Waals surface area contributed by atoms with Crippen molar-refractivity contribution in [1.29, 1.82) is 0 Å². The third-order valence-electron chi connectivity index (χ3n) is 8.47. The molecular formula is C27H53N9O8. The number of carbonyl (C=O) groups excluding carboxylic acids is 1. The maximum atomic E-state index is 13.0. The average Bonchev–Trinajstić information content (AvgIpc) is 2.95. The van der Waals surface area contributed by atoms with Gasteiger partial charge >= 0.3 is 0 Å². The number of nitrogens with zero attached hydrogens (tertiary/aromatic N) is 1. The molecule has 1 aliphatic carbocycles. The summed E-state index contributed by atoms with van der Waals surface area (Å²) in [6.07, 6.45) is -4.01. The monoisotopic (exact) mass is 631 g/mol. The fourth-order valence-electron chi connectivity index (χ4n) is 6.12. The Bertz CT molecular complexity index is 985. The highest BCUT2D eigenvalue weighted by atomic mass is 16.7. The van der Waals surface area contributed by atoms with Crippen molar-refractivity contribution in [3.8, 4) is 0 Å². The number of aliphatic hydroxyl groups excluding tert-OH is 3. The van der Waals surface area contributed by atoms with Crippen molar-refractivity contribution in [3.63, 3.8) is 0 Å². The highest BCUT2D eigenvalue weighted by Gasteiger charge is 2.53. The zero-order chi connectivity index (χ0) is 32.6. The number of hydrogen-bond donors (Lipinski definition) is 12. The second-order valence-corrected chi connectivity index (χ2v) is 12.1. The predicted octanol–water partition coefficient (Wildman–Crippen LogP) is -5.42. The molecule has 0 aromatic heterocycles. The molecule has 254 valence electrons. The standard InChI is InChI=1S/C27H53N9O8/c1-27(41)12-42-25(20(39)23(27)33-2)44-22-16(36-24(40)17(37)6-9-35-26(31)32)10-15(30)18(19(22)38)21-14(29)5-4-13(43-21)11-34-8-3-7-28/h4,14-23,25,33-34,37-39,41H,3,5-12,28-30H2,1-2H3,(H,36,40)(H4,31,32,35). The van der Waals surface area contributed by atoms with Gasteiger partial charge in [-0.25, -0.2) is 0 Å². The molecule has 17 nitrogen and oxygen atoms in total. The first-order valence-electron chi connectivity index (χ1n) is 15.1. The second-order valence-electron chi connectivity index (χ2n) is 12.1. The van der Waals surface area contributed by atoms with E-state index in [1.54, 1.807) is 7.05 Å². The molecule has 0 spiro atoms. The van der Waals surface area contributed by atoms with Gasteiger partial charge in [0, 0.05) is 31.0 Å². The number of rotatable bonds is 14. The molecule has 3 aliphatic rings. The van der Waals surface area contributed by atoms with Gasteiger partial charge in [-0.1, -0.05) is 0 Å². The second kappa shape index (κ2) is 16.4. The average molecular weight is 632 g/mol. The van der Waals surface area contributed by atoms with Gasteiger partial charge in [-0.05, 0) is 52.4 Å². The summed E-state index contributed by atoms with van der Waals surface area (Å²) in [5.41, 5.74) is 27.9. The maximum Gasteiger partial charge on any atom is 0.249 e. The molecule has 0 aromatic rings. The van der Waals surface area contributed by atoms with Crippen LogP contribution in [-0.2, 0) is 19.0 Å². The Kier molecular flexibility index (Phi) is 13.5. The van der Waals surface area contributed by atoms with Crippen molar-refractivity contribution in [2.24, 2.45) is 39.6 Å². The molecule has 0 bridgehead atoms. The predicted molar refractivity (Wildman–Crippen MR) is 162 cm³/mol. The van der Waals surface area contributed by atoms with E-state index in [4.69, 9.17) is 42.9 Å². The maximum absolute atomic E-state index is 13.0. The number of aliphatic imine (C=N–C) groups is 1. The lowest BCUT2D eigenvalue weighted by Crippen LogP contribution is -2.69. The topological polar surface area (TPSA) is 304 Å². The molecule has 2 fully saturated rings. The van der Waals surface area contributed by atoms with Crippen molar-refractivity contribution < 1.29 is 39.4 Å². The van der Waals surface area contributed by atoms with Gasteiger partial charge in [0.25, 0.3) is 0 Å². The lowest BCUT2D eigenvalue weighted by Gasteiger charge is -2.50. The number of hydrogen-bond acceptors (Lipinski definition) is 14. The number of amides is 1. The SMILES string of the molecule is CNC1C(O)C(OC2C(NC(=O)C(O)CCN=C(N)N)CC(N)C(C3OC(CNCCCN)=CCC3N)C2O)OCC1(C)O. The van der Waals surface area contributed by atoms with Gasteiger partial charge in [-0.3, -0.25) is 9.79 Å². The first-order chi connectivity index (χ1) is 20.8. The van der Waals surface area contributed by atoms with Gasteiger partial charge in [-0.15, -0.1) is 0 Å². The van der Waals surface area contributed by atoms with E-state index in [2.05, 4.69) is 20.9 Å². The first-order valence-corrected chi connectivity index (χ1v) is 15.1. The van der Waals surface area contributed by atoms with E-state index in [9.17, 15) is 25.2 Å². The van der Waals surface area contributed by atoms with Crippen LogP contribution in [0.1, 0.15) is 32.6 Å². The van der Waals surface area contributed by atoms with E-state index >= 15 is 0 Å². The Hall–Kier alpha value is -2.16. The van der Waals surface area contributed by atoms with Gasteiger partial charge in [0.2, 0.25) is 5.91 Å². The fraction of sp³-hybridized carbons (Fsp3) is 0.852. The molecule has 0 radical (unpaired) electrons. The number of likely N-dealkylation sites (N-methyl/N-ethyl adjacent to an activating group) is 1. The number of guanidine groups is 1.